The summed E-state index contributed by atoms with van der Waals surface area (Å²) in [6.07, 6.45) is -1.10. The lowest BCUT2D eigenvalue weighted by molar-refractivity contribution is -0.154. The maximum Gasteiger partial charge on any atom is 0.334 e. The molecule has 1 aromatic heterocycles. The monoisotopic (exact) mass is 318 g/mol. The Morgan fingerprint density at radius 2 is 2.14 bits per heavy atom. The standard InChI is InChI=1S/C11H14N2O7S/c1-12-21(17,18)9-3-2-7(20-9)10(14)13-4-5-19-8(6-13)11(15)16/h2-3,8,12H,4-6H2,1H3,(H,15,16). The first-order valence-electron chi connectivity index (χ1n) is 6.02. The van der Waals surface area contributed by atoms with Crippen LogP contribution in [0.15, 0.2) is 21.6 Å². The molecule has 1 aliphatic rings. The second-order valence-corrected chi connectivity index (χ2v) is 6.09. The number of sulfonamides is 1. The zero-order valence-electron chi connectivity index (χ0n) is 11.1. The third-order valence-electron chi connectivity index (χ3n) is 2.95. The van der Waals surface area contributed by atoms with Gasteiger partial charge in [-0.05, 0) is 19.2 Å². The van der Waals surface area contributed by atoms with Crippen LogP contribution in [-0.2, 0) is 19.6 Å². The summed E-state index contributed by atoms with van der Waals surface area (Å²) in [5.41, 5.74) is 0. The highest BCUT2D eigenvalue weighted by atomic mass is 32.2. The molecule has 0 saturated carbocycles. The number of hydrogen-bond donors (Lipinski definition) is 2. The van der Waals surface area contributed by atoms with Gasteiger partial charge in [-0.15, -0.1) is 0 Å². The Labute approximate surface area is 120 Å². The average molecular weight is 318 g/mol. The van der Waals surface area contributed by atoms with Gasteiger partial charge >= 0.3 is 5.97 Å². The van der Waals surface area contributed by atoms with Crippen LogP contribution in [0.4, 0.5) is 0 Å². The number of carbonyl (C=O) groups excluding carboxylic acids is 1. The van der Waals surface area contributed by atoms with Gasteiger partial charge < -0.3 is 19.2 Å². The van der Waals surface area contributed by atoms with Crippen molar-refractivity contribution in [1.29, 1.82) is 0 Å². The quantitative estimate of drug-likeness (QED) is 0.737. The van der Waals surface area contributed by atoms with Crippen molar-refractivity contribution in [3.63, 3.8) is 0 Å². The number of furan rings is 1. The Bertz CT molecular complexity index is 651. The van der Waals surface area contributed by atoms with Crippen LogP contribution in [-0.4, -0.2) is 63.1 Å². The Kier molecular flexibility index (Phi) is 4.30. The number of amides is 1. The third-order valence-corrected chi connectivity index (χ3v) is 4.24. The van der Waals surface area contributed by atoms with Crippen LogP contribution in [0.2, 0.25) is 0 Å². The van der Waals surface area contributed by atoms with Crippen LogP contribution in [0.1, 0.15) is 10.6 Å². The molecule has 2 heterocycles. The lowest BCUT2D eigenvalue weighted by Crippen LogP contribution is -2.48. The molecule has 0 bridgehead atoms. The number of carbonyl (C=O) groups is 2. The average Bonchev–Trinajstić information content (AvgIpc) is 2.97. The van der Waals surface area contributed by atoms with Gasteiger partial charge in [0.15, 0.2) is 11.9 Å². The number of carboxylic acid groups (broad SMARTS) is 1. The van der Waals surface area contributed by atoms with Crippen LogP contribution in [0, 0.1) is 0 Å². The summed E-state index contributed by atoms with van der Waals surface area (Å²) in [7, 11) is -2.55. The summed E-state index contributed by atoms with van der Waals surface area (Å²) in [5, 5.41) is 8.50. The first-order valence-corrected chi connectivity index (χ1v) is 7.50. The van der Waals surface area contributed by atoms with E-state index in [1.54, 1.807) is 0 Å². The van der Waals surface area contributed by atoms with Crippen molar-refractivity contribution >= 4 is 21.9 Å². The summed E-state index contributed by atoms with van der Waals surface area (Å²) in [6, 6.07) is 2.39. The molecule has 2 N–H and O–H groups in total. The SMILES string of the molecule is CNS(=O)(=O)c1ccc(C(=O)N2CCOC(C(=O)O)C2)o1. The maximum atomic E-state index is 12.2. The van der Waals surface area contributed by atoms with E-state index in [2.05, 4.69) is 4.72 Å². The van der Waals surface area contributed by atoms with Crippen molar-refractivity contribution in [2.75, 3.05) is 26.7 Å². The predicted octanol–water partition coefficient (Wildman–Crippen LogP) is -0.887. The Hall–Kier alpha value is -1.91. The fraction of sp³-hybridized carbons (Fsp3) is 0.455. The van der Waals surface area contributed by atoms with Gasteiger partial charge in [-0.2, -0.15) is 0 Å². The smallest absolute Gasteiger partial charge is 0.334 e. The summed E-state index contributed by atoms with van der Waals surface area (Å²) in [5.74, 6) is -1.91. The molecular weight excluding hydrogens is 304 g/mol. The number of rotatable bonds is 4. The topological polar surface area (TPSA) is 126 Å². The molecule has 0 radical (unpaired) electrons. The zero-order valence-corrected chi connectivity index (χ0v) is 11.9. The van der Waals surface area contributed by atoms with Gasteiger partial charge in [0, 0.05) is 6.54 Å². The molecule has 116 valence electrons. The molecule has 21 heavy (non-hydrogen) atoms. The van der Waals surface area contributed by atoms with Crippen LogP contribution in [0.3, 0.4) is 0 Å². The first kappa shape index (κ1) is 15.5. The van der Waals surface area contributed by atoms with E-state index < -0.39 is 28.0 Å². The predicted molar refractivity (Wildman–Crippen MR) is 68.2 cm³/mol. The molecule has 0 aliphatic carbocycles. The van der Waals surface area contributed by atoms with E-state index in [0.29, 0.717) is 0 Å². The molecule has 2 rings (SSSR count). The Morgan fingerprint density at radius 3 is 2.76 bits per heavy atom. The Morgan fingerprint density at radius 1 is 1.43 bits per heavy atom. The van der Waals surface area contributed by atoms with Crippen molar-refractivity contribution < 1.29 is 32.3 Å². The molecule has 1 fully saturated rings. The lowest BCUT2D eigenvalue weighted by atomic mass is 10.2. The van der Waals surface area contributed by atoms with Crippen molar-refractivity contribution in [3.05, 3.63) is 17.9 Å². The van der Waals surface area contributed by atoms with Gasteiger partial charge in [0.05, 0.1) is 13.2 Å². The molecule has 9 nitrogen and oxygen atoms in total. The van der Waals surface area contributed by atoms with Crippen molar-refractivity contribution in [3.8, 4) is 0 Å². The highest BCUT2D eigenvalue weighted by molar-refractivity contribution is 7.89. The van der Waals surface area contributed by atoms with Gasteiger partial charge in [-0.3, -0.25) is 4.79 Å². The lowest BCUT2D eigenvalue weighted by Gasteiger charge is -2.30. The zero-order chi connectivity index (χ0) is 15.6. The van der Waals surface area contributed by atoms with Crippen LogP contribution < -0.4 is 4.72 Å². The number of hydrogen-bond acceptors (Lipinski definition) is 6. The van der Waals surface area contributed by atoms with Crippen LogP contribution in [0.25, 0.3) is 0 Å². The molecule has 1 aromatic rings. The number of morpholine rings is 1. The highest BCUT2D eigenvalue weighted by Crippen LogP contribution is 2.17. The summed E-state index contributed by atoms with van der Waals surface area (Å²) in [4.78, 5) is 24.3. The van der Waals surface area contributed by atoms with E-state index in [1.807, 2.05) is 0 Å². The summed E-state index contributed by atoms with van der Waals surface area (Å²) in [6.45, 7) is 0.172. The van der Waals surface area contributed by atoms with Crippen molar-refractivity contribution in [1.82, 2.24) is 9.62 Å². The minimum absolute atomic E-state index is 0.0884. The Balaban J connectivity index is 2.15. The van der Waals surface area contributed by atoms with Crippen LogP contribution >= 0.6 is 0 Å². The molecule has 0 aromatic carbocycles. The number of nitrogens with zero attached hydrogens (tertiary/aromatic N) is 1. The molecule has 1 unspecified atom stereocenters. The number of carboxylic acids is 1. The second-order valence-electron chi connectivity index (χ2n) is 4.28. The second kappa shape index (κ2) is 5.84. The molecule has 1 aliphatic heterocycles. The molecule has 1 atom stereocenters. The van der Waals surface area contributed by atoms with Crippen molar-refractivity contribution in [2.45, 2.75) is 11.2 Å². The number of aliphatic carboxylic acids is 1. The van der Waals surface area contributed by atoms with Gasteiger partial charge in [0.2, 0.25) is 5.09 Å². The van der Waals surface area contributed by atoms with Gasteiger partial charge in [0.1, 0.15) is 0 Å². The number of nitrogens with one attached hydrogen (secondary N) is 1. The molecular formula is C11H14N2O7S. The van der Waals surface area contributed by atoms with E-state index in [0.717, 1.165) is 6.07 Å². The fourth-order valence-electron chi connectivity index (χ4n) is 1.82. The van der Waals surface area contributed by atoms with E-state index in [9.17, 15) is 18.0 Å². The third kappa shape index (κ3) is 3.23. The normalized spacial score (nSPS) is 19.5. The van der Waals surface area contributed by atoms with Gasteiger partial charge in [-0.25, -0.2) is 17.9 Å². The highest BCUT2D eigenvalue weighted by Gasteiger charge is 2.31. The van der Waals surface area contributed by atoms with Gasteiger partial charge in [-0.1, -0.05) is 0 Å². The van der Waals surface area contributed by atoms with E-state index in [1.165, 1.54) is 18.0 Å². The minimum Gasteiger partial charge on any atom is -0.479 e. The minimum atomic E-state index is -3.77. The van der Waals surface area contributed by atoms with Gasteiger partial charge in [0.25, 0.3) is 15.9 Å². The molecule has 0 spiro atoms. The summed E-state index contributed by atoms with van der Waals surface area (Å²) < 4.78 is 35.1. The van der Waals surface area contributed by atoms with E-state index in [4.69, 9.17) is 14.3 Å². The maximum absolute atomic E-state index is 12.2. The van der Waals surface area contributed by atoms with E-state index >= 15 is 0 Å². The first-order chi connectivity index (χ1) is 9.85. The van der Waals surface area contributed by atoms with E-state index in [-0.39, 0.29) is 30.5 Å². The fourth-order valence-corrected chi connectivity index (χ4v) is 2.47. The largest absolute Gasteiger partial charge is 0.479 e. The van der Waals surface area contributed by atoms with Crippen molar-refractivity contribution in [2.24, 2.45) is 0 Å². The molecule has 10 heteroatoms. The van der Waals surface area contributed by atoms with Crippen LogP contribution in [0.5, 0.6) is 0 Å². The number of ether oxygens (including phenoxy) is 1. The summed E-state index contributed by atoms with van der Waals surface area (Å²) >= 11 is 0. The molecule has 1 amide bonds. The molecule has 1 saturated heterocycles.